The quantitative estimate of drug-likeness (QED) is 0.600. The van der Waals surface area contributed by atoms with Crippen LogP contribution >= 0.6 is 0 Å². The van der Waals surface area contributed by atoms with E-state index < -0.39 is 10.0 Å². The Morgan fingerprint density at radius 2 is 1.92 bits per heavy atom. The van der Waals surface area contributed by atoms with Crippen LogP contribution < -0.4 is 4.72 Å². The molecule has 1 N–H and O–H groups in total. The first kappa shape index (κ1) is 16.2. The summed E-state index contributed by atoms with van der Waals surface area (Å²) in [4.78, 5) is 8.35. The van der Waals surface area contributed by atoms with Gasteiger partial charge in [0.05, 0.1) is 16.9 Å². The number of aromatic nitrogens is 4. The number of hydrogen-bond donors (Lipinski definition) is 1. The van der Waals surface area contributed by atoms with E-state index in [1.807, 2.05) is 19.1 Å². The molecule has 0 aliphatic rings. The first-order valence-corrected chi connectivity index (χ1v) is 9.35. The average molecular weight is 365 g/mol. The summed E-state index contributed by atoms with van der Waals surface area (Å²) in [5.74, 6) is 0. The fraction of sp³-hybridized carbons (Fsp3) is 0.0556. The number of fused-ring (bicyclic) bond motifs is 1. The van der Waals surface area contributed by atoms with Crippen LogP contribution in [0.25, 0.3) is 16.6 Å². The number of hydrogen-bond acceptors (Lipinski definition) is 5. The van der Waals surface area contributed by atoms with E-state index in [1.165, 1.54) is 17.3 Å². The van der Waals surface area contributed by atoms with Gasteiger partial charge in [-0.15, -0.1) is 0 Å². The Morgan fingerprint density at radius 1 is 1.08 bits per heavy atom. The molecular weight excluding hydrogens is 350 g/mol. The molecule has 2 aromatic heterocycles. The van der Waals surface area contributed by atoms with Crippen molar-refractivity contribution in [1.82, 2.24) is 19.7 Å². The van der Waals surface area contributed by atoms with Crippen LogP contribution in [-0.2, 0) is 10.0 Å². The maximum Gasteiger partial charge on any atom is 0.264 e. The van der Waals surface area contributed by atoms with E-state index in [-0.39, 0.29) is 4.90 Å². The first-order valence-electron chi connectivity index (χ1n) is 7.87. The van der Waals surface area contributed by atoms with Crippen molar-refractivity contribution < 1.29 is 8.42 Å². The number of nitrogens with one attached hydrogen (secondary N) is 1. The minimum Gasteiger partial charge on any atom is -0.277 e. The number of nitrogens with zero attached hydrogens (tertiary/aromatic N) is 4. The Kier molecular flexibility index (Phi) is 3.89. The van der Waals surface area contributed by atoms with Crippen molar-refractivity contribution in [3.05, 3.63) is 72.9 Å². The second-order valence-corrected chi connectivity index (χ2v) is 7.45. The Balaban J connectivity index is 1.81. The molecule has 0 saturated heterocycles. The van der Waals surface area contributed by atoms with E-state index >= 15 is 0 Å². The third kappa shape index (κ3) is 2.91. The lowest BCUT2D eigenvalue weighted by molar-refractivity contribution is 0.602. The summed E-state index contributed by atoms with van der Waals surface area (Å²) in [5, 5.41) is 4.84. The van der Waals surface area contributed by atoms with Crippen LogP contribution in [0.5, 0.6) is 0 Å². The molecule has 0 aliphatic carbocycles. The van der Waals surface area contributed by atoms with Gasteiger partial charge in [-0.05, 0) is 36.8 Å². The molecule has 7 nitrogen and oxygen atoms in total. The van der Waals surface area contributed by atoms with Gasteiger partial charge in [-0.3, -0.25) is 9.71 Å². The van der Waals surface area contributed by atoms with Crippen molar-refractivity contribution in [2.24, 2.45) is 0 Å². The fourth-order valence-corrected chi connectivity index (χ4v) is 4.01. The molecule has 26 heavy (non-hydrogen) atoms. The topological polar surface area (TPSA) is 89.8 Å². The number of aryl methyl sites for hydroxylation is 1. The van der Waals surface area contributed by atoms with E-state index in [9.17, 15) is 8.42 Å². The molecule has 0 amide bonds. The van der Waals surface area contributed by atoms with Crippen molar-refractivity contribution in [1.29, 1.82) is 0 Å². The molecular formula is C18H15N5O2S. The summed E-state index contributed by atoms with van der Waals surface area (Å²) in [7, 11) is -3.84. The Bertz CT molecular complexity index is 1190. The van der Waals surface area contributed by atoms with Crippen molar-refractivity contribution in [3.8, 4) is 5.69 Å². The highest BCUT2D eigenvalue weighted by Crippen LogP contribution is 2.26. The largest absolute Gasteiger partial charge is 0.277 e. The molecule has 0 spiro atoms. The zero-order chi connectivity index (χ0) is 18.1. The van der Waals surface area contributed by atoms with Gasteiger partial charge in [-0.2, -0.15) is 5.10 Å². The number of para-hydroxylation sites is 3. The van der Waals surface area contributed by atoms with E-state index in [4.69, 9.17) is 0 Å². The molecule has 8 heteroatoms. The lowest BCUT2D eigenvalue weighted by atomic mass is 10.2. The minimum atomic E-state index is -3.84. The number of pyridine rings is 1. The van der Waals surface area contributed by atoms with Crippen LogP contribution in [0.3, 0.4) is 0 Å². The van der Waals surface area contributed by atoms with Crippen LogP contribution in [0.15, 0.2) is 72.3 Å². The Morgan fingerprint density at radius 3 is 2.73 bits per heavy atom. The van der Waals surface area contributed by atoms with E-state index in [1.54, 1.807) is 42.6 Å². The fourth-order valence-electron chi connectivity index (χ4n) is 2.75. The second kappa shape index (κ2) is 6.23. The SMILES string of the molecule is Cc1cnc2c(S(=O)(=O)Nc3ccccc3-n3cncn3)cccc2c1. The van der Waals surface area contributed by atoms with Gasteiger partial charge in [0.25, 0.3) is 10.0 Å². The van der Waals surface area contributed by atoms with E-state index in [2.05, 4.69) is 19.8 Å². The Labute approximate surface area is 150 Å². The molecule has 0 bridgehead atoms. The van der Waals surface area contributed by atoms with Crippen molar-refractivity contribution >= 4 is 26.6 Å². The molecule has 4 rings (SSSR count). The third-order valence-corrected chi connectivity index (χ3v) is 5.31. The van der Waals surface area contributed by atoms with Gasteiger partial charge in [0, 0.05) is 11.6 Å². The summed E-state index contributed by atoms with van der Waals surface area (Å²) >= 11 is 0. The van der Waals surface area contributed by atoms with Crippen LogP contribution in [0.4, 0.5) is 5.69 Å². The molecule has 0 aliphatic heterocycles. The molecule has 0 atom stereocenters. The van der Waals surface area contributed by atoms with Crippen molar-refractivity contribution in [2.75, 3.05) is 4.72 Å². The van der Waals surface area contributed by atoms with Gasteiger partial charge in [-0.25, -0.2) is 18.1 Å². The van der Waals surface area contributed by atoms with Crippen LogP contribution in [0.1, 0.15) is 5.56 Å². The first-order chi connectivity index (χ1) is 12.5. The standard InChI is InChI=1S/C18H15N5O2S/c1-13-9-14-5-4-8-17(18(14)20-10-13)26(24,25)22-15-6-2-3-7-16(15)23-12-19-11-21-23/h2-12,22H,1H3. The molecule has 130 valence electrons. The Hall–Kier alpha value is -3.26. The predicted octanol–water partition coefficient (Wildman–Crippen LogP) is 2.92. The maximum absolute atomic E-state index is 13.0. The van der Waals surface area contributed by atoms with Gasteiger partial charge in [0.1, 0.15) is 17.6 Å². The summed E-state index contributed by atoms with van der Waals surface area (Å²) in [5.41, 5.74) is 2.39. The smallest absolute Gasteiger partial charge is 0.264 e. The number of sulfonamides is 1. The zero-order valence-electron chi connectivity index (χ0n) is 13.9. The summed E-state index contributed by atoms with van der Waals surface area (Å²) < 4.78 is 30.2. The van der Waals surface area contributed by atoms with Crippen LogP contribution in [0, 0.1) is 6.92 Å². The summed E-state index contributed by atoms with van der Waals surface area (Å²) in [6.45, 7) is 1.92. The number of rotatable bonds is 4. The van der Waals surface area contributed by atoms with Crippen LogP contribution in [-0.4, -0.2) is 28.2 Å². The molecule has 0 unspecified atom stereocenters. The van der Waals surface area contributed by atoms with Gasteiger partial charge in [0.15, 0.2) is 0 Å². The zero-order valence-corrected chi connectivity index (χ0v) is 14.7. The maximum atomic E-state index is 13.0. The highest BCUT2D eigenvalue weighted by molar-refractivity contribution is 7.93. The summed E-state index contributed by atoms with van der Waals surface area (Å²) in [6.07, 6.45) is 4.56. The average Bonchev–Trinajstić information content (AvgIpc) is 3.15. The molecule has 0 radical (unpaired) electrons. The molecule has 2 aromatic carbocycles. The third-order valence-electron chi connectivity index (χ3n) is 3.91. The molecule has 0 fully saturated rings. The van der Waals surface area contributed by atoms with E-state index in [0.29, 0.717) is 16.9 Å². The van der Waals surface area contributed by atoms with Crippen LogP contribution in [0.2, 0.25) is 0 Å². The lowest BCUT2D eigenvalue weighted by Gasteiger charge is -2.13. The monoisotopic (exact) mass is 365 g/mol. The highest BCUT2D eigenvalue weighted by Gasteiger charge is 2.20. The van der Waals surface area contributed by atoms with Crippen molar-refractivity contribution in [3.63, 3.8) is 0 Å². The summed E-state index contributed by atoms with van der Waals surface area (Å²) in [6, 6.07) is 14.0. The normalized spacial score (nSPS) is 11.6. The van der Waals surface area contributed by atoms with Crippen molar-refractivity contribution in [2.45, 2.75) is 11.8 Å². The predicted molar refractivity (Wildman–Crippen MR) is 98.6 cm³/mol. The second-order valence-electron chi connectivity index (χ2n) is 5.80. The number of anilines is 1. The highest BCUT2D eigenvalue weighted by atomic mass is 32.2. The van der Waals surface area contributed by atoms with Gasteiger partial charge >= 0.3 is 0 Å². The van der Waals surface area contributed by atoms with Gasteiger partial charge in [0.2, 0.25) is 0 Å². The molecule has 0 saturated carbocycles. The van der Waals surface area contributed by atoms with Gasteiger partial charge < -0.3 is 0 Å². The molecule has 2 heterocycles. The van der Waals surface area contributed by atoms with Gasteiger partial charge in [-0.1, -0.05) is 24.3 Å². The molecule has 4 aromatic rings. The van der Waals surface area contributed by atoms with E-state index in [0.717, 1.165) is 10.9 Å². The number of benzene rings is 2. The minimum absolute atomic E-state index is 0.128. The lowest BCUT2D eigenvalue weighted by Crippen LogP contribution is -2.15.